The third-order valence-electron chi connectivity index (χ3n) is 5.18. The number of rotatable bonds is 6. The highest BCUT2D eigenvalue weighted by molar-refractivity contribution is 5.83. The monoisotopic (exact) mass is 363 g/mol. The number of aromatic amines is 1. The van der Waals surface area contributed by atoms with Gasteiger partial charge in [0.2, 0.25) is 5.91 Å². The first-order valence-electron chi connectivity index (χ1n) is 9.58. The summed E-state index contributed by atoms with van der Waals surface area (Å²) in [5.41, 5.74) is 4.16. The Morgan fingerprint density at radius 3 is 2.85 bits per heavy atom. The number of carbonyl (C=O) groups excluding carboxylic acids is 1. The fraction of sp³-hybridized carbons (Fsp3) is 0.381. The second kappa shape index (κ2) is 7.88. The summed E-state index contributed by atoms with van der Waals surface area (Å²) in [6.45, 7) is 4.53. The lowest BCUT2D eigenvalue weighted by Crippen LogP contribution is -2.40. The second-order valence-electron chi connectivity index (χ2n) is 7.13. The highest BCUT2D eigenvalue weighted by Gasteiger charge is 2.29. The van der Waals surface area contributed by atoms with Gasteiger partial charge in [0, 0.05) is 25.4 Å². The number of imidazole rings is 1. The molecule has 6 heteroatoms. The average Bonchev–Trinajstić information content (AvgIpc) is 3.33. The Morgan fingerprint density at radius 2 is 2.11 bits per heavy atom. The van der Waals surface area contributed by atoms with Crippen molar-refractivity contribution in [2.24, 2.45) is 0 Å². The van der Waals surface area contributed by atoms with Gasteiger partial charge in [-0.2, -0.15) is 0 Å². The molecule has 2 N–H and O–H groups in total. The van der Waals surface area contributed by atoms with Crippen molar-refractivity contribution in [3.05, 3.63) is 59.7 Å². The molecule has 1 unspecified atom stereocenters. The Morgan fingerprint density at radius 1 is 1.26 bits per heavy atom. The van der Waals surface area contributed by atoms with E-state index in [1.807, 2.05) is 24.3 Å². The average molecular weight is 363 g/mol. The van der Waals surface area contributed by atoms with Crippen molar-refractivity contribution in [2.75, 3.05) is 19.6 Å². The molecule has 0 saturated carbocycles. The minimum atomic E-state index is -0.265. The molecular formula is C21H25N5O. The van der Waals surface area contributed by atoms with E-state index in [4.69, 9.17) is 0 Å². The Kier molecular flexibility index (Phi) is 5.16. The molecule has 0 bridgehead atoms. The van der Waals surface area contributed by atoms with Crippen LogP contribution in [0.4, 0.5) is 0 Å². The van der Waals surface area contributed by atoms with Crippen molar-refractivity contribution in [3.8, 4) is 0 Å². The zero-order valence-electron chi connectivity index (χ0n) is 15.6. The molecule has 3 aromatic rings. The van der Waals surface area contributed by atoms with Crippen LogP contribution in [0.25, 0.3) is 11.0 Å². The SMILES string of the molecule is Cc1cccc2[nH]c(CCNC(=O)C(c3cccnc3)N3CCCC3)nc12. The van der Waals surface area contributed by atoms with E-state index in [1.165, 1.54) is 0 Å². The molecule has 3 heterocycles. The molecule has 1 amide bonds. The van der Waals surface area contributed by atoms with E-state index in [0.717, 1.165) is 53.9 Å². The molecule has 1 aliphatic rings. The lowest BCUT2D eigenvalue weighted by atomic mass is 10.1. The van der Waals surface area contributed by atoms with Crippen LogP contribution in [0, 0.1) is 6.92 Å². The molecular weight excluding hydrogens is 338 g/mol. The Hall–Kier alpha value is -2.73. The molecule has 0 aliphatic carbocycles. The highest BCUT2D eigenvalue weighted by Crippen LogP contribution is 2.24. The van der Waals surface area contributed by atoms with Crippen LogP contribution >= 0.6 is 0 Å². The first-order chi connectivity index (χ1) is 13.2. The third kappa shape index (κ3) is 3.85. The maximum absolute atomic E-state index is 12.9. The van der Waals surface area contributed by atoms with Gasteiger partial charge in [-0.3, -0.25) is 14.7 Å². The van der Waals surface area contributed by atoms with Crippen molar-refractivity contribution >= 4 is 16.9 Å². The summed E-state index contributed by atoms with van der Waals surface area (Å²) in [5.74, 6) is 0.941. The fourth-order valence-electron chi connectivity index (χ4n) is 3.81. The topological polar surface area (TPSA) is 73.9 Å². The van der Waals surface area contributed by atoms with Gasteiger partial charge >= 0.3 is 0 Å². The summed E-state index contributed by atoms with van der Waals surface area (Å²) in [6, 6.07) is 9.72. The Labute approximate surface area is 159 Å². The Balaban J connectivity index is 1.42. The number of amides is 1. The number of nitrogens with one attached hydrogen (secondary N) is 2. The van der Waals surface area contributed by atoms with Crippen LogP contribution in [0.5, 0.6) is 0 Å². The predicted molar refractivity (Wildman–Crippen MR) is 105 cm³/mol. The number of likely N-dealkylation sites (tertiary alicyclic amines) is 1. The largest absolute Gasteiger partial charge is 0.354 e. The van der Waals surface area contributed by atoms with Crippen molar-refractivity contribution in [3.63, 3.8) is 0 Å². The zero-order chi connectivity index (χ0) is 18.6. The minimum absolute atomic E-state index is 0.0391. The number of nitrogens with zero attached hydrogens (tertiary/aromatic N) is 3. The van der Waals surface area contributed by atoms with Gasteiger partial charge in [-0.25, -0.2) is 4.98 Å². The quantitative estimate of drug-likeness (QED) is 0.706. The van der Waals surface area contributed by atoms with Crippen LogP contribution in [-0.4, -0.2) is 45.4 Å². The van der Waals surface area contributed by atoms with Crippen LogP contribution in [-0.2, 0) is 11.2 Å². The number of benzene rings is 1. The highest BCUT2D eigenvalue weighted by atomic mass is 16.2. The summed E-state index contributed by atoms with van der Waals surface area (Å²) in [5, 5.41) is 3.10. The molecule has 1 aromatic carbocycles. The maximum Gasteiger partial charge on any atom is 0.242 e. The van der Waals surface area contributed by atoms with E-state index in [2.05, 4.69) is 38.2 Å². The van der Waals surface area contributed by atoms with Crippen LogP contribution in [0.1, 0.15) is 35.8 Å². The molecule has 1 saturated heterocycles. The van der Waals surface area contributed by atoms with Crippen molar-refractivity contribution in [1.29, 1.82) is 0 Å². The zero-order valence-corrected chi connectivity index (χ0v) is 15.6. The van der Waals surface area contributed by atoms with Crippen molar-refractivity contribution < 1.29 is 4.79 Å². The molecule has 4 rings (SSSR count). The Bertz CT molecular complexity index is 915. The van der Waals surface area contributed by atoms with E-state index in [0.29, 0.717) is 13.0 Å². The number of aromatic nitrogens is 3. The number of para-hydroxylation sites is 1. The molecule has 140 valence electrons. The van der Waals surface area contributed by atoms with Gasteiger partial charge < -0.3 is 10.3 Å². The minimum Gasteiger partial charge on any atom is -0.354 e. The van der Waals surface area contributed by atoms with Crippen LogP contribution in [0.3, 0.4) is 0 Å². The number of fused-ring (bicyclic) bond motifs is 1. The molecule has 1 aliphatic heterocycles. The molecule has 2 aromatic heterocycles. The van der Waals surface area contributed by atoms with E-state index in [-0.39, 0.29) is 11.9 Å². The third-order valence-corrected chi connectivity index (χ3v) is 5.18. The van der Waals surface area contributed by atoms with Gasteiger partial charge in [0.25, 0.3) is 0 Å². The number of carbonyl (C=O) groups is 1. The molecule has 1 atom stereocenters. The van der Waals surface area contributed by atoms with Gasteiger partial charge in [0.05, 0.1) is 11.0 Å². The van der Waals surface area contributed by atoms with Crippen molar-refractivity contribution in [2.45, 2.75) is 32.2 Å². The van der Waals surface area contributed by atoms with E-state index in [9.17, 15) is 4.79 Å². The molecule has 0 spiro atoms. The summed E-state index contributed by atoms with van der Waals surface area (Å²) in [7, 11) is 0. The van der Waals surface area contributed by atoms with E-state index < -0.39 is 0 Å². The van der Waals surface area contributed by atoms with Gasteiger partial charge in [-0.15, -0.1) is 0 Å². The first-order valence-corrected chi connectivity index (χ1v) is 9.58. The predicted octanol–water partition coefficient (Wildman–Crippen LogP) is 2.76. The molecule has 0 radical (unpaired) electrons. The normalized spacial score (nSPS) is 15.9. The van der Waals surface area contributed by atoms with Crippen molar-refractivity contribution in [1.82, 2.24) is 25.2 Å². The maximum atomic E-state index is 12.9. The van der Waals surface area contributed by atoms with Gasteiger partial charge in [0.15, 0.2) is 0 Å². The van der Waals surface area contributed by atoms with Crippen LogP contribution in [0.2, 0.25) is 0 Å². The number of aryl methyl sites for hydroxylation is 1. The van der Waals surface area contributed by atoms with Crippen LogP contribution < -0.4 is 5.32 Å². The molecule has 6 nitrogen and oxygen atoms in total. The van der Waals surface area contributed by atoms with E-state index in [1.54, 1.807) is 12.4 Å². The lowest BCUT2D eigenvalue weighted by Gasteiger charge is -2.26. The van der Waals surface area contributed by atoms with Gasteiger partial charge in [-0.05, 0) is 56.1 Å². The first kappa shape index (κ1) is 17.7. The smallest absolute Gasteiger partial charge is 0.242 e. The molecule has 1 fully saturated rings. The number of hydrogen-bond acceptors (Lipinski definition) is 4. The van der Waals surface area contributed by atoms with Gasteiger partial charge in [0.1, 0.15) is 11.9 Å². The lowest BCUT2D eigenvalue weighted by molar-refractivity contribution is -0.126. The fourth-order valence-corrected chi connectivity index (χ4v) is 3.81. The van der Waals surface area contributed by atoms with E-state index >= 15 is 0 Å². The number of hydrogen-bond donors (Lipinski definition) is 2. The summed E-state index contributed by atoms with van der Waals surface area (Å²) in [4.78, 5) is 27.4. The van der Waals surface area contributed by atoms with Gasteiger partial charge in [-0.1, -0.05) is 18.2 Å². The standard InChI is InChI=1S/C21H25N5O/c1-15-6-4-8-17-19(15)25-18(24-17)9-11-23-21(27)20(26-12-2-3-13-26)16-7-5-10-22-14-16/h4-8,10,14,20H,2-3,9,11-13H2,1H3,(H,23,27)(H,24,25). The van der Waals surface area contributed by atoms with Crippen LogP contribution in [0.15, 0.2) is 42.7 Å². The number of pyridine rings is 1. The summed E-state index contributed by atoms with van der Waals surface area (Å²) < 4.78 is 0. The second-order valence-corrected chi connectivity index (χ2v) is 7.13. The number of H-pyrrole nitrogens is 1. The summed E-state index contributed by atoms with van der Waals surface area (Å²) in [6.07, 6.45) is 6.50. The summed E-state index contributed by atoms with van der Waals surface area (Å²) >= 11 is 0. The molecule has 27 heavy (non-hydrogen) atoms.